The molecule has 2 rings (SSSR count). The highest BCUT2D eigenvalue weighted by molar-refractivity contribution is 5.39. The van der Waals surface area contributed by atoms with Crippen LogP contribution in [0.2, 0.25) is 0 Å². The number of nitrogen functional groups attached to an aromatic ring is 1. The maximum atomic E-state index is 6.16. The summed E-state index contributed by atoms with van der Waals surface area (Å²) in [6.45, 7) is 5.34. The summed E-state index contributed by atoms with van der Waals surface area (Å²) in [5, 5.41) is 0. The number of unbranched alkanes of at least 4 members (excludes halogenated alkanes) is 2. The summed E-state index contributed by atoms with van der Waals surface area (Å²) < 4.78 is 2.21. The zero-order valence-electron chi connectivity index (χ0n) is 10.5. The molecule has 1 saturated carbocycles. The van der Waals surface area contributed by atoms with Crippen LogP contribution in [0.15, 0.2) is 0 Å². The quantitative estimate of drug-likeness (QED) is 0.750. The summed E-state index contributed by atoms with van der Waals surface area (Å²) in [5.41, 5.74) is 7.30. The second kappa shape index (κ2) is 4.89. The lowest BCUT2D eigenvalue weighted by molar-refractivity contribution is 0.707. The molecule has 1 fully saturated rings. The highest BCUT2D eigenvalue weighted by Gasteiger charge is 2.30. The minimum Gasteiger partial charge on any atom is -0.384 e. The van der Waals surface area contributed by atoms with Crippen LogP contribution in [0.5, 0.6) is 0 Å². The molecule has 2 N–H and O–H groups in total. The van der Waals surface area contributed by atoms with Gasteiger partial charge in [0.15, 0.2) is 0 Å². The monoisotopic (exact) mass is 221 g/mol. The predicted molar refractivity (Wildman–Crippen MR) is 67.5 cm³/mol. The van der Waals surface area contributed by atoms with Crippen LogP contribution >= 0.6 is 0 Å². The predicted octanol–water partition coefficient (Wildman–Crippen LogP) is 3.10. The minimum absolute atomic E-state index is 0.696. The van der Waals surface area contributed by atoms with E-state index >= 15 is 0 Å². The summed E-state index contributed by atoms with van der Waals surface area (Å²) >= 11 is 0. The van der Waals surface area contributed by atoms with Gasteiger partial charge in [0.05, 0.1) is 5.69 Å². The van der Waals surface area contributed by atoms with Crippen molar-refractivity contribution in [2.24, 2.45) is 0 Å². The fraction of sp³-hybridized carbons (Fsp3) is 0.769. The number of aromatic nitrogens is 2. The number of hydrogen-bond acceptors (Lipinski definition) is 2. The van der Waals surface area contributed by atoms with Crippen LogP contribution in [0.1, 0.15) is 63.4 Å². The van der Waals surface area contributed by atoms with Gasteiger partial charge in [-0.1, -0.05) is 19.8 Å². The van der Waals surface area contributed by atoms with Gasteiger partial charge in [-0.2, -0.15) is 0 Å². The van der Waals surface area contributed by atoms with Gasteiger partial charge in [0.1, 0.15) is 11.6 Å². The summed E-state index contributed by atoms with van der Waals surface area (Å²) in [6, 6.07) is 0. The first kappa shape index (κ1) is 11.5. The van der Waals surface area contributed by atoms with E-state index in [0.717, 1.165) is 24.5 Å². The fourth-order valence-electron chi connectivity index (χ4n) is 2.25. The molecule has 1 aromatic heterocycles. The standard InChI is InChI=1S/C13H23N3/c1-3-5-6-7-11-12(14)16(4-2)13(15-11)10-8-9-10/h10H,3-9,14H2,1-2H3. The largest absolute Gasteiger partial charge is 0.384 e. The van der Waals surface area contributed by atoms with E-state index in [4.69, 9.17) is 10.7 Å². The number of hydrogen-bond donors (Lipinski definition) is 1. The maximum Gasteiger partial charge on any atom is 0.126 e. The minimum atomic E-state index is 0.696. The lowest BCUT2D eigenvalue weighted by atomic mass is 10.1. The van der Waals surface area contributed by atoms with Crippen molar-refractivity contribution in [3.05, 3.63) is 11.5 Å². The number of anilines is 1. The van der Waals surface area contributed by atoms with E-state index in [1.165, 1.54) is 37.9 Å². The Hall–Kier alpha value is -0.990. The summed E-state index contributed by atoms with van der Waals surface area (Å²) in [4.78, 5) is 4.75. The van der Waals surface area contributed by atoms with Gasteiger partial charge in [-0.3, -0.25) is 0 Å². The van der Waals surface area contributed by atoms with Crippen molar-refractivity contribution in [3.8, 4) is 0 Å². The molecule has 0 spiro atoms. The van der Waals surface area contributed by atoms with Crippen LogP contribution in [0.3, 0.4) is 0 Å². The van der Waals surface area contributed by atoms with Crippen LogP contribution in [0.25, 0.3) is 0 Å². The molecule has 0 amide bonds. The van der Waals surface area contributed by atoms with Gasteiger partial charge in [-0.15, -0.1) is 0 Å². The van der Waals surface area contributed by atoms with Crippen molar-refractivity contribution in [2.45, 2.75) is 64.8 Å². The van der Waals surface area contributed by atoms with Crippen molar-refractivity contribution in [3.63, 3.8) is 0 Å². The molecule has 1 aliphatic carbocycles. The van der Waals surface area contributed by atoms with E-state index in [-0.39, 0.29) is 0 Å². The van der Waals surface area contributed by atoms with Crippen molar-refractivity contribution in [1.29, 1.82) is 0 Å². The Balaban J connectivity index is 2.11. The average molecular weight is 221 g/mol. The molecule has 16 heavy (non-hydrogen) atoms. The Labute approximate surface area is 98.1 Å². The zero-order valence-corrected chi connectivity index (χ0v) is 10.5. The molecule has 0 radical (unpaired) electrons. The molecule has 0 aliphatic heterocycles. The number of aryl methyl sites for hydroxylation is 1. The molecule has 1 aliphatic rings. The Morgan fingerprint density at radius 1 is 1.31 bits per heavy atom. The molecule has 1 heterocycles. The normalized spacial score (nSPS) is 15.6. The first-order valence-corrected chi connectivity index (χ1v) is 6.62. The van der Waals surface area contributed by atoms with Crippen molar-refractivity contribution >= 4 is 5.82 Å². The molecule has 1 aromatic rings. The third kappa shape index (κ3) is 2.23. The van der Waals surface area contributed by atoms with Crippen molar-refractivity contribution in [2.75, 3.05) is 5.73 Å². The summed E-state index contributed by atoms with van der Waals surface area (Å²) in [5.74, 6) is 2.86. The number of nitrogens with zero attached hydrogens (tertiary/aromatic N) is 2. The van der Waals surface area contributed by atoms with Gasteiger partial charge in [-0.05, 0) is 32.6 Å². The molecule has 0 atom stereocenters. The Kier molecular flexibility index (Phi) is 3.52. The van der Waals surface area contributed by atoms with Crippen LogP contribution in [-0.2, 0) is 13.0 Å². The molecule has 90 valence electrons. The topological polar surface area (TPSA) is 43.8 Å². The SMILES string of the molecule is CCCCCc1nc(C2CC2)n(CC)c1N. The van der Waals surface area contributed by atoms with Gasteiger partial charge in [0.25, 0.3) is 0 Å². The fourth-order valence-corrected chi connectivity index (χ4v) is 2.25. The van der Waals surface area contributed by atoms with E-state index in [0.29, 0.717) is 5.92 Å². The Morgan fingerprint density at radius 2 is 2.06 bits per heavy atom. The lowest BCUT2D eigenvalue weighted by Gasteiger charge is -2.05. The summed E-state index contributed by atoms with van der Waals surface area (Å²) in [6.07, 6.45) is 7.38. The van der Waals surface area contributed by atoms with E-state index in [2.05, 4.69) is 18.4 Å². The van der Waals surface area contributed by atoms with E-state index in [9.17, 15) is 0 Å². The molecule has 0 bridgehead atoms. The molecule has 0 aromatic carbocycles. The second-order valence-corrected chi connectivity index (χ2v) is 4.78. The third-order valence-corrected chi connectivity index (χ3v) is 3.39. The van der Waals surface area contributed by atoms with Crippen LogP contribution in [-0.4, -0.2) is 9.55 Å². The van der Waals surface area contributed by atoms with Crippen molar-refractivity contribution < 1.29 is 0 Å². The first-order valence-electron chi connectivity index (χ1n) is 6.62. The van der Waals surface area contributed by atoms with E-state index < -0.39 is 0 Å². The molecule has 0 unspecified atom stereocenters. The number of rotatable bonds is 6. The summed E-state index contributed by atoms with van der Waals surface area (Å²) in [7, 11) is 0. The lowest BCUT2D eigenvalue weighted by Crippen LogP contribution is -2.04. The zero-order chi connectivity index (χ0) is 11.5. The Morgan fingerprint density at radius 3 is 2.62 bits per heavy atom. The number of imidazole rings is 1. The Bertz CT molecular complexity index is 350. The molecule has 0 saturated heterocycles. The average Bonchev–Trinajstić information content (AvgIpc) is 3.06. The molecule has 3 nitrogen and oxygen atoms in total. The smallest absolute Gasteiger partial charge is 0.126 e. The third-order valence-electron chi connectivity index (χ3n) is 3.39. The molecule has 3 heteroatoms. The maximum absolute atomic E-state index is 6.16. The second-order valence-electron chi connectivity index (χ2n) is 4.78. The van der Waals surface area contributed by atoms with Crippen LogP contribution in [0.4, 0.5) is 5.82 Å². The van der Waals surface area contributed by atoms with Gasteiger partial charge in [-0.25, -0.2) is 4.98 Å². The van der Waals surface area contributed by atoms with Crippen LogP contribution in [0, 0.1) is 0 Å². The molecular formula is C13H23N3. The van der Waals surface area contributed by atoms with Crippen LogP contribution < -0.4 is 5.73 Å². The number of nitrogens with two attached hydrogens (primary N) is 1. The van der Waals surface area contributed by atoms with Gasteiger partial charge in [0.2, 0.25) is 0 Å². The van der Waals surface area contributed by atoms with Gasteiger partial charge < -0.3 is 10.3 Å². The van der Waals surface area contributed by atoms with E-state index in [1.54, 1.807) is 0 Å². The van der Waals surface area contributed by atoms with Gasteiger partial charge >= 0.3 is 0 Å². The highest BCUT2D eigenvalue weighted by Crippen LogP contribution is 2.40. The van der Waals surface area contributed by atoms with E-state index in [1.807, 2.05) is 0 Å². The first-order chi connectivity index (χ1) is 7.77. The molecular weight excluding hydrogens is 198 g/mol. The highest BCUT2D eigenvalue weighted by atomic mass is 15.1. The van der Waals surface area contributed by atoms with Crippen molar-refractivity contribution in [1.82, 2.24) is 9.55 Å². The van der Waals surface area contributed by atoms with Gasteiger partial charge in [0, 0.05) is 12.5 Å².